The molecular weight excluding hydrogens is 238 g/mol. The quantitative estimate of drug-likeness (QED) is 0.878. The zero-order valence-electron chi connectivity index (χ0n) is 12.7. The standard InChI is InChI=1S/C14H27N5/c1-5-18-8-6-7-13(18)10-15-9-12-11-19(17-16-12)14(2,3)4/h11,13,15H,5-10H2,1-4H3. The molecule has 1 saturated heterocycles. The summed E-state index contributed by atoms with van der Waals surface area (Å²) in [6.07, 6.45) is 4.69. The lowest BCUT2D eigenvalue weighted by atomic mass is 10.1. The molecule has 1 atom stereocenters. The summed E-state index contributed by atoms with van der Waals surface area (Å²) in [5.41, 5.74) is 1.03. The van der Waals surface area contributed by atoms with Gasteiger partial charge in [-0.25, -0.2) is 4.68 Å². The number of nitrogens with zero attached hydrogens (tertiary/aromatic N) is 4. The maximum Gasteiger partial charge on any atom is 0.0965 e. The maximum atomic E-state index is 4.22. The first-order valence-corrected chi connectivity index (χ1v) is 7.37. The van der Waals surface area contributed by atoms with E-state index in [0.29, 0.717) is 6.04 Å². The molecule has 0 amide bonds. The Kier molecular flexibility index (Phi) is 4.58. The van der Waals surface area contributed by atoms with E-state index in [-0.39, 0.29) is 5.54 Å². The maximum absolute atomic E-state index is 4.22. The fourth-order valence-corrected chi connectivity index (χ4v) is 2.62. The van der Waals surface area contributed by atoms with Crippen molar-refractivity contribution in [1.82, 2.24) is 25.2 Å². The molecule has 1 aromatic heterocycles. The molecule has 1 aromatic rings. The van der Waals surface area contributed by atoms with Crippen molar-refractivity contribution in [3.05, 3.63) is 11.9 Å². The summed E-state index contributed by atoms with van der Waals surface area (Å²) in [6, 6.07) is 0.697. The van der Waals surface area contributed by atoms with Gasteiger partial charge in [0.2, 0.25) is 0 Å². The van der Waals surface area contributed by atoms with Crippen molar-refractivity contribution in [2.75, 3.05) is 19.6 Å². The average Bonchev–Trinajstić information content (AvgIpc) is 2.96. The Labute approximate surface area is 116 Å². The van der Waals surface area contributed by atoms with Crippen LogP contribution in [0.5, 0.6) is 0 Å². The van der Waals surface area contributed by atoms with E-state index in [2.05, 4.69) is 48.2 Å². The van der Waals surface area contributed by atoms with Crippen LogP contribution in [0.3, 0.4) is 0 Å². The summed E-state index contributed by atoms with van der Waals surface area (Å²) in [6.45, 7) is 12.9. The van der Waals surface area contributed by atoms with Crippen molar-refractivity contribution in [2.45, 2.75) is 58.7 Å². The van der Waals surface area contributed by atoms with E-state index in [1.165, 1.54) is 19.4 Å². The van der Waals surface area contributed by atoms with Gasteiger partial charge in [-0.15, -0.1) is 5.10 Å². The first-order valence-electron chi connectivity index (χ1n) is 7.37. The monoisotopic (exact) mass is 265 g/mol. The van der Waals surface area contributed by atoms with Gasteiger partial charge in [-0.05, 0) is 46.7 Å². The molecule has 5 nitrogen and oxygen atoms in total. The summed E-state index contributed by atoms with van der Waals surface area (Å²) >= 11 is 0. The second-order valence-electron chi connectivity index (χ2n) is 6.38. The van der Waals surface area contributed by atoms with Gasteiger partial charge in [-0.3, -0.25) is 4.90 Å². The molecule has 1 fully saturated rings. The molecule has 1 unspecified atom stereocenters. The Bertz CT molecular complexity index is 393. The highest BCUT2D eigenvalue weighted by molar-refractivity contribution is 4.94. The molecule has 2 heterocycles. The predicted octanol–water partition coefficient (Wildman–Crippen LogP) is 1.61. The molecule has 0 aromatic carbocycles. The van der Waals surface area contributed by atoms with Gasteiger partial charge in [0.25, 0.3) is 0 Å². The minimum atomic E-state index is 0.00964. The van der Waals surface area contributed by atoms with Gasteiger partial charge < -0.3 is 5.32 Å². The molecule has 0 aliphatic carbocycles. The highest BCUT2D eigenvalue weighted by Crippen LogP contribution is 2.16. The smallest absolute Gasteiger partial charge is 0.0965 e. The zero-order valence-corrected chi connectivity index (χ0v) is 12.7. The first kappa shape index (κ1) is 14.5. The van der Waals surface area contributed by atoms with Crippen LogP contribution in [0.2, 0.25) is 0 Å². The zero-order chi connectivity index (χ0) is 13.9. The normalized spacial score (nSPS) is 21.2. The SMILES string of the molecule is CCN1CCCC1CNCc1cn(C(C)(C)C)nn1. The molecule has 108 valence electrons. The van der Waals surface area contributed by atoms with Gasteiger partial charge in [0.15, 0.2) is 0 Å². The minimum Gasteiger partial charge on any atom is -0.309 e. The second-order valence-corrected chi connectivity index (χ2v) is 6.38. The van der Waals surface area contributed by atoms with E-state index in [0.717, 1.165) is 25.3 Å². The molecule has 1 aliphatic rings. The number of hydrogen-bond acceptors (Lipinski definition) is 4. The van der Waals surface area contributed by atoms with Crippen LogP contribution in [0, 0.1) is 0 Å². The van der Waals surface area contributed by atoms with Gasteiger partial charge in [0, 0.05) is 19.1 Å². The highest BCUT2D eigenvalue weighted by atomic mass is 15.4. The summed E-state index contributed by atoms with van der Waals surface area (Å²) in [5, 5.41) is 11.9. The van der Waals surface area contributed by atoms with E-state index in [1.54, 1.807) is 0 Å². The molecule has 0 saturated carbocycles. The summed E-state index contributed by atoms with van der Waals surface area (Å²) in [7, 11) is 0. The van der Waals surface area contributed by atoms with E-state index in [9.17, 15) is 0 Å². The molecular formula is C14H27N5. The lowest BCUT2D eigenvalue weighted by Crippen LogP contribution is -2.37. The Morgan fingerprint density at radius 2 is 2.21 bits per heavy atom. The van der Waals surface area contributed by atoms with Crippen molar-refractivity contribution in [1.29, 1.82) is 0 Å². The number of rotatable bonds is 5. The van der Waals surface area contributed by atoms with Gasteiger partial charge in [0.1, 0.15) is 0 Å². The van der Waals surface area contributed by atoms with E-state index in [4.69, 9.17) is 0 Å². The number of aromatic nitrogens is 3. The van der Waals surface area contributed by atoms with Crippen LogP contribution in [0.4, 0.5) is 0 Å². The predicted molar refractivity (Wildman–Crippen MR) is 77.0 cm³/mol. The van der Waals surface area contributed by atoms with Gasteiger partial charge in [-0.1, -0.05) is 12.1 Å². The third-order valence-corrected chi connectivity index (χ3v) is 3.82. The average molecular weight is 265 g/mol. The van der Waals surface area contributed by atoms with Crippen LogP contribution in [0.15, 0.2) is 6.20 Å². The van der Waals surface area contributed by atoms with Crippen LogP contribution >= 0.6 is 0 Å². The molecule has 19 heavy (non-hydrogen) atoms. The Balaban J connectivity index is 1.78. The van der Waals surface area contributed by atoms with Crippen LogP contribution in [-0.4, -0.2) is 45.6 Å². The fraction of sp³-hybridized carbons (Fsp3) is 0.857. The lowest BCUT2D eigenvalue weighted by molar-refractivity contribution is 0.259. The lowest BCUT2D eigenvalue weighted by Gasteiger charge is -2.22. The van der Waals surface area contributed by atoms with Crippen molar-refractivity contribution < 1.29 is 0 Å². The molecule has 0 radical (unpaired) electrons. The van der Waals surface area contributed by atoms with E-state index >= 15 is 0 Å². The third kappa shape index (κ3) is 3.76. The van der Waals surface area contributed by atoms with Crippen LogP contribution < -0.4 is 5.32 Å². The van der Waals surface area contributed by atoms with Gasteiger partial charge in [-0.2, -0.15) is 0 Å². The Morgan fingerprint density at radius 3 is 2.84 bits per heavy atom. The van der Waals surface area contributed by atoms with Gasteiger partial charge >= 0.3 is 0 Å². The number of likely N-dealkylation sites (tertiary alicyclic amines) is 1. The highest BCUT2D eigenvalue weighted by Gasteiger charge is 2.22. The van der Waals surface area contributed by atoms with Crippen molar-refractivity contribution in [2.24, 2.45) is 0 Å². The molecule has 1 N–H and O–H groups in total. The molecule has 0 bridgehead atoms. The number of hydrogen-bond donors (Lipinski definition) is 1. The van der Waals surface area contributed by atoms with Gasteiger partial charge in [0.05, 0.1) is 17.4 Å². The number of likely N-dealkylation sites (N-methyl/N-ethyl adjacent to an activating group) is 1. The second kappa shape index (κ2) is 6.01. The molecule has 0 spiro atoms. The van der Waals surface area contributed by atoms with Crippen LogP contribution in [0.1, 0.15) is 46.2 Å². The van der Waals surface area contributed by atoms with Crippen molar-refractivity contribution >= 4 is 0 Å². The first-order chi connectivity index (χ1) is 9.00. The van der Waals surface area contributed by atoms with Crippen molar-refractivity contribution in [3.63, 3.8) is 0 Å². The summed E-state index contributed by atoms with van der Waals surface area (Å²) in [5.74, 6) is 0. The topological polar surface area (TPSA) is 46.0 Å². The molecule has 2 rings (SSSR count). The van der Waals surface area contributed by atoms with Crippen molar-refractivity contribution in [3.8, 4) is 0 Å². The minimum absolute atomic E-state index is 0.00964. The number of nitrogens with one attached hydrogen (secondary N) is 1. The third-order valence-electron chi connectivity index (χ3n) is 3.82. The van der Waals surface area contributed by atoms with E-state index < -0.39 is 0 Å². The van der Waals surface area contributed by atoms with E-state index in [1.807, 2.05) is 10.9 Å². The fourth-order valence-electron chi connectivity index (χ4n) is 2.62. The molecule has 5 heteroatoms. The van der Waals surface area contributed by atoms with Crippen LogP contribution in [0.25, 0.3) is 0 Å². The summed E-state index contributed by atoms with van der Waals surface area (Å²) < 4.78 is 1.93. The summed E-state index contributed by atoms with van der Waals surface area (Å²) in [4.78, 5) is 2.55. The molecule has 1 aliphatic heterocycles. The van der Waals surface area contributed by atoms with Crippen LogP contribution in [-0.2, 0) is 12.1 Å². The Morgan fingerprint density at radius 1 is 1.42 bits per heavy atom. The Hall–Kier alpha value is -0.940. The largest absolute Gasteiger partial charge is 0.309 e.